The molecule has 9 heteroatoms. The largest absolute Gasteiger partial charge is 0.355 e. The second kappa shape index (κ2) is 7.96. The Hall–Kier alpha value is -2.94. The van der Waals surface area contributed by atoms with Gasteiger partial charge in [0.05, 0.1) is 18.3 Å². The maximum atomic E-state index is 12.1. The second-order valence-electron chi connectivity index (χ2n) is 5.73. The number of aromatic nitrogens is 5. The van der Waals surface area contributed by atoms with E-state index in [0.717, 1.165) is 16.4 Å². The van der Waals surface area contributed by atoms with Gasteiger partial charge >= 0.3 is 0 Å². The average Bonchev–Trinajstić information content (AvgIpc) is 3.08. The standard InChI is InChI=1S/C17H18N6O2S/c1-10-13(16(25)22-11(2)21-10)7-15(24)20-4-3-12-9-26-17(23-12)14-8-18-5-6-19-14/h5-6,8-9H,3-4,7H2,1-2H3,(H,20,24)(H,21,22,25). The van der Waals surface area contributed by atoms with Crippen LogP contribution in [0, 0.1) is 13.8 Å². The van der Waals surface area contributed by atoms with Crippen molar-refractivity contribution in [2.45, 2.75) is 26.7 Å². The number of amides is 1. The number of carbonyl (C=O) groups excluding carboxylic acids is 1. The topological polar surface area (TPSA) is 114 Å². The smallest absolute Gasteiger partial charge is 0.254 e. The number of nitrogens with zero attached hydrogens (tertiary/aromatic N) is 4. The highest BCUT2D eigenvalue weighted by Crippen LogP contribution is 2.20. The molecule has 26 heavy (non-hydrogen) atoms. The summed E-state index contributed by atoms with van der Waals surface area (Å²) in [5, 5.41) is 5.55. The predicted molar refractivity (Wildman–Crippen MR) is 97.9 cm³/mol. The van der Waals surface area contributed by atoms with Crippen LogP contribution in [0.4, 0.5) is 0 Å². The van der Waals surface area contributed by atoms with Crippen LogP contribution in [0.15, 0.2) is 28.8 Å². The van der Waals surface area contributed by atoms with E-state index in [1.165, 1.54) is 11.3 Å². The summed E-state index contributed by atoms with van der Waals surface area (Å²) < 4.78 is 0. The molecule has 0 fully saturated rings. The lowest BCUT2D eigenvalue weighted by Gasteiger charge is -2.06. The summed E-state index contributed by atoms with van der Waals surface area (Å²) in [5.74, 6) is 0.327. The van der Waals surface area contributed by atoms with Crippen molar-refractivity contribution in [2.24, 2.45) is 0 Å². The van der Waals surface area contributed by atoms with E-state index < -0.39 is 0 Å². The molecule has 8 nitrogen and oxygen atoms in total. The molecule has 3 aromatic rings. The molecule has 3 heterocycles. The fourth-order valence-corrected chi connectivity index (χ4v) is 3.28. The molecule has 0 radical (unpaired) electrons. The third kappa shape index (κ3) is 4.37. The Balaban J connectivity index is 1.53. The van der Waals surface area contributed by atoms with Crippen LogP contribution < -0.4 is 10.9 Å². The Bertz CT molecular complexity index is 967. The summed E-state index contributed by atoms with van der Waals surface area (Å²) in [5.41, 5.74) is 2.32. The second-order valence-corrected chi connectivity index (χ2v) is 6.58. The molecule has 0 bridgehead atoms. The fraction of sp³-hybridized carbons (Fsp3) is 0.294. The summed E-state index contributed by atoms with van der Waals surface area (Å²) in [6.07, 6.45) is 5.52. The monoisotopic (exact) mass is 370 g/mol. The van der Waals surface area contributed by atoms with E-state index in [1.54, 1.807) is 32.4 Å². The molecule has 0 aliphatic rings. The molecule has 0 unspecified atom stereocenters. The first kappa shape index (κ1) is 17.9. The molecular formula is C17H18N6O2S. The van der Waals surface area contributed by atoms with E-state index in [0.29, 0.717) is 30.0 Å². The molecule has 134 valence electrons. The van der Waals surface area contributed by atoms with Crippen molar-refractivity contribution >= 4 is 17.2 Å². The van der Waals surface area contributed by atoms with Crippen molar-refractivity contribution in [1.29, 1.82) is 0 Å². The van der Waals surface area contributed by atoms with Crippen LogP contribution in [-0.4, -0.2) is 37.4 Å². The minimum atomic E-state index is -0.265. The molecule has 3 aromatic heterocycles. The number of carbonyl (C=O) groups is 1. The van der Waals surface area contributed by atoms with Crippen molar-refractivity contribution in [2.75, 3.05) is 6.54 Å². The van der Waals surface area contributed by atoms with Gasteiger partial charge in [-0.1, -0.05) is 0 Å². The summed E-state index contributed by atoms with van der Waals surface area (Å²) in [6, 6.07) is 0. The highest BCUT2D eigenvalue weighted by atomic mass is 32.1. The minimum Gasteiger partial charge on any atom is -0.355 e. The van der Waals surface area contributed by atoms with Crippen LogP contribution in [-0.2, 0) is 17.6 Å². The van der Waals surface area contributed by atoms with Crippen molar-refractivity contribution in [1.82, 2.24) is 30.2 Å². The number of hydrogen-bond donors (Lipinski definition) is 2. The zero-order valence-corrected chi connectivity index (χ0v) is 15.3. The lowest BCUT2D eigenvalue weighted by atomic mass is 10.1. The molecule has 0 spiro atoms. The number of thiazole rings is 1. The number of H-pyrrole nitrogens is 1. The van der Waals surface area contributed by atoms with Gasteiger partial charge in [0.1, 0.15) is 16.5 Å². The van der Waals surface area contributed by atoms with Gasteiger partial charge in [0.25, 0.3) is 5.56 Å². The van der Waals surface area contributed by atoms with E-state index >= 15 is 0 Å². The van der Waals surface area contributed by atoms with Gasteiger partial charge in [-0.25, -0.2) is 9.97 Å². The van der Waals surface area contributed by atoms with Crippen molar-refractivity contribution < 1.29 is 4.79 Å². The van der Waals surface area contributed by atoms with Gasteiger partial charge in [0.2, 0.25) is 5.91 Å². The number of rotatable bonds is 6. The van der Waals surface area contributed by atoms with E-state index in [1.807, 2.05) is 5.38 Å². The van der Waals surface area contributed by atoms with E-state index in [9.17, 15) is 9.59 Å². The molecule has 0 atom stereocenters. The molecule has 0 aromatic carbocycles. The molecule has 0 aliphatic carbocycles. The van der Waals surface area contributed by atoms with Gasteiger partial charge in [0.15, 0.2) is 0 Å². The third-order valence-electron chi connectivity index (χ3n) is 3.72. The van der Waals surface area contributed by atoms with Gasteiger partial charge < -0.3 is 10.3 Å². The Morgan fingerprint density at radius 3 is 2.85 bits per heavy atom. The van der Waals surface area contributed by atoms with Crippen molar-refractivity contribution in [3.05, 3.63) is 57.1 Å². The van der Waals surface area contributed by atoms with Crippen LogP contribution >= 0.6 is 11.3 Å². The first-order valence-corrected chi connectivity index (χ1v) is 8.95. The minimum absolute atomic E-state index is 0.0103. The quantitative estimate of drug-likeness (QED) is 0.674. The number of aryl methyl sites for hydroxylation is 2. The van der Waals surface area contributed by atoms with Crippen LogP contribution in [0.1, 0.15) is 22.8 Å². The first-order valence-electron chi connectivity index (χ1n) is 8.07. The maximum Gasteiger partial charge on any atom is 0.254 e. The third-order valence-corrected chi connectivity index (χ3v) is 4.63. The normalized spacial score (nSPS) is 10.7. The van der Waals surface area contributed by atoms with Crippen LogP contribution in [0.3, 0.4) is 0 Å². The SMILES string of the molecule is Cc1nc(C)c(CC(=O)NCCc2csc(-c3cnccn3)n2)c(=O)[nH]1. The average molecular weight is 370 g/mol. The van der Waals surface area contributed by atoms with E-state index in [4.69, 9.17) is 0 Å². The molecule has 0 aliphatic heterocycles. The lowest BCUT2D eigenvalue weighted by molar-refractivity contribution is -0.120. The first-order chi connectivity index (χ1) is 12.5. The van der Waals surface area contributed by atoms with Crippen molar-refractivity contribution in [3.63, 3.8) is 0 Å². The predicted octanol–water partition coefficient (Wildman–Crippen LogP) is 1.20. The molecule has 3 rings (SSSR count). The van der Waals surface area contributed by atoms with Crippen molar-refractivity contribution in [3.8, 4) is 10.7 Å². The number of nitrogens with one attached hydrogen (secondary N) is 2. The van der Waals surface area contributed by atoms with E-state index in [2.05, 4.69) is 30.2 Å². The lowest BCUT2D eigenvalue weighted by Crippen LogP contribution is -2.30. The molecular weight excluding hydrogens is 352 g/mol. The summed E-state index contributed by atoms with van der Waals surface area (Å²) in [4.78, 5) is 43.6. The van der Waals surface area contributed by atoms with Gasteiger partial charge in [-0.05, 0) is 13.8 Å². The van der Waals surface area contributed by atoms with Gasteiger partial charge in [-0.3, -0.25) is 19.6 Å². The highest BCUT2D eigenvalue weighted by molar-refractivity contribution is 7.13. The Morgan fingerprint density at radius 2 is 2.12 bits per heavy atom. The van der Waals surface area contributed by atoms with Crippen LogP contribution in [0.5, 0.6) is 0 Å². The Morgan fingerprint density at radius 1 is 1.27 bits per heavy atom. The number of hydrogen-bond acceptors (Lipinski definition) is 7. The highest BCUT2D eigenvalue weighted by Gasteiger charge is 2.12. The Labute approximate surface area is 153 Å². The zero-order chi connectivity index (χ0) is 18.5. The summed E-state index contributed by atoms with van der Waals surface area (Å²) >= 11 is 1.49. The summed E-state index contributed by atoms with van der Waals surface area (Å²) in [6.45, 7) is 3.88. The van der Waals surface area contributed by atoms with Gasteiger partial charge in [-0.2, -0.15) is 0 Å². The summed E-state index contributed by atoms with van der Waals surface area (Å²) in [7, 11) is 0. The zero-order valence-electron chi connectivity index (χ0n) is 14.4. The Kier molecular flexibility index (Phi) is 5.47. The van der Waals surface area contributed by atoms with E-state index in [-0.39, 0.29) is 17.9 Å². The molecule has 0 saturated carbocycles. The molecule has 0 saturated heterocycles. The molecule has 1 amide bonds. The molecule has 2 N–H and O–H groups in total. The van der Waals surface area contributed by atoms with Gasteiger partial charge in [-0.15, -0.1) is 11.3 Å². The van der Waals surface area contributed by atoms with Crippen LogP contribution in [0.25, 0.3) is 10.7 Å². The fourth-order valence-electron chi connectivity index (χ4n) is 2.46. The maximum absolute atomic E-state index is 12.1. The van der Waals surface area contributed by atoms with Crippen LogP contribution in [0.2, 0.25) is 0 Å². The number of aromatic amines is 1. The van der Waals surface area contributed by atoms with Gasteiger partial charge in [0, 0.05) is 42.0 Å².